The van der Waals surface area contributed by atoms with Gasteiger partial charge in [0.05, 0.1) is 51.4 Å². The second-order valence-electron chi connectivity index (χ2n) is 21.3. The van der Waals surface area contributed by atoms with Gasteiger partial charge in [-0.2, -0.15) is 10.2 Å². The van der Waals surface area contributed by atoms with Crippen LogP contribution >= 0.6 is 0 Å². The maximum atomic E-state index is 16.4. The number of imidazole rings is 1. The topological polar surface area (TPSA) is 159 Å². The maximum Gasteiger partial charge on any atom is 0.438 e. The molecule has 16 nitrogen and oxygen atoms in total. The van der Waals surface area contributed by atoms with Gasteiger partial charge in [-0.3, -0.25) is 33.0 Å². The molecule has 3 fully saturated rings. The summed E-state index contributed by atoms with van der Waals surface area (Å²) in [4.78, 5) is 51.0. The highest BCUT2D eigenvalue weighted by molar-refractivity contribution is 6.00. The number of aryl methyl sites for hydroxylation is 3. The molecule has 1 spiro atoms. The minimum atomic E-state index is -0.886. The molecule has 18 heteroatoms. The van der Waals surface area contributed by atoms with Crippen molar-refractivity contribution in [3.63, 3.8) is 0 Å². The van der Waals surface area contributed by atoms with Gasteiger partial charge in [0.2, 0.25) is 0 Å². The van der Waals surface area contributed by atoms with Crippen LogP contribution in [0.25, 0.3) is 39.0 Å². The maximum absolute atomic E-state index is 16.4. The number of nitrogens with zero attached hydrogens (tertiary/aromatic N) is 10. The normalized spacial score (nSPS) is 24.4. The number of carbonyl (C=O) groups is 1. The van der Waals surface area contributed by atoms with E-state index in [1.165, 1.54) is 21.5 Å². The number of halogens is 2. The molecule has 5 atom stereocenters. The summed E-state index contributed by atoms with van der Waals surface area (Å²) in [6, 6.07) is 14.4. The number of benzene rings is 3. The van der Waals surface area contributed by atoms with Gasteiger partial charge < -0.3 is 14.2 Å². The standard InChI is InChI=1S/C53H57F2N11O5/c1-29-21-36(22-30(2)43(29)54)66-46(63-19-18-62(50(63)69)40-14-13-39-37(44(40)55)27-56-61(39)8)42-32(4)64(28-52(45(42)58-66)16-9-10-17-60(52)7)47(67)41-24-35-23-33(34-15-20-70-51(5,6)26-34)11-12-38(35)65(41)53(25-31(53)3)48-57-49(68)71-59-48/h11-14,18-19,21-24,27,31-32,34H,9-10,15-17,20,25-26,28H2,1-8H3,(H,57,59,68)/t31-,32-,34-,52?,53-/m0/s1. The fourth-order valence-corrected chi connectivity index (χ4v) is 12.6. The van der Waals surface area contributed by atoms with Crippen molar-refractivity contribution in [2.45, 2.75) is 109 Å². The second-order valence-corrected chi connectivity index (χ2v) is 21.3. The van der Waals surface area contributed by atoms with E-state index in [0.29, 0.717) is 70.4 Å². The molecule has 71 heavy (non-hydrogen) atoms. The first kappa shape index (κ1) is 45.2. The lowest BCUT2D eigenvalue weighted by Crippen LogP contribution is -2.59. The summed E-state index contributed by atoms with van der Waals surface area (Å²) in [6.45, 7) is 13.3. The molecule has 1 unspecified atom stereocenters. The molecule has 3 aromatic carbocycles. The molecule has 5 aromatic heterocycles. The van der Waals surface area contributed by atoms with Crippen LogP contribution in [0.1, 0.15) is 122 Å². The zero-order valence-corrected chi connectivity index (χ0v) is 41.2. The van der Waals surface area contributed by atoms with Crippen LogP contribution in [-0.4, -0.2) is 91.5 Å². The number of fused-ring (bicyclic) bond motifs is 4. The number of likely N-dealkylation sites (tertiary alicyclic amines) is 1. The molecular weight excluding hydrogens is 909 g/mol. The van der Waals surface area contributed by atoms with E-state index in [1.807, 2.05) is 17.9 Å². The molecule has 4 aliphatic rings. The van der Waals surface area contributed by atoms with Gasteiger partial charge >= 0.3 is 11.4 Å². The van der Waals surface area contributed by atoms with Crippen LogP contribution in [-0.2, 0) is 22.9 Å². The highest BCUT2D eigenvalue weighted by atomic mass is 19.1. The number of nitrogens with one attached hydrogen (secondary N) is 1. The number of H-pyrrole nitrogens is 1. The lowest BCUT2D eigenvalue weighted by atomic mass is 9.77. The molecule has 8 heterocycles. The van der Waals surface area contributed by atoms with Gasteiger partial charge in [0, 0.05) is 49.1 Å². The molecule has 2 saturated heterocycles. The van der Waals surface area contributed by atoms with E-state index in [2.05, 4.69) is 70.7 Å². The summed E-state index contributed by atoms with van der Waals surface area (Å²) in [5.74, 6) is -0.919. The number of hydrogen-bond acceptors (Lipinski definition) is 9. The van der Waals surface area contributed by atoms with Gasteiger partial charge in [0.25, 0.3) is 5.91 Å². The van der Waals surface area contributed by atoms with E-state index in [4.69, 9.17) is 14.4 Å². The summed E-state index contributed by atoms with van der Waals surface area (Å²) < 4.78 is 51.2. The van der Waals surface area contributed by atoms with E-state index >= 15 is 18.4 Å². The Morgan fingerprint density at radius 1 is 0.915 bits per heavy atom. The first-order valence-electron chi connectivity index (χ1n) is 24.6. The Morgan fingerprint density at radius 3 is 2.37 bits per heavy atom. The molecule has 12 rings (SSSR count). The SMILES string of the molecule is Cc1cc(-n2nc3c(c2-n2ccn(-c4ccc5c(cnn5C)c4F)c2=O)[C@H](C)N(C(=O)c2cc4cc([C@H]5CCOC(C)(C)C5)ccc4n2[C@@]2(c4noc(=O)[nH]4)C[C@@H]2C)CC32CCCCN2C)cc(C)c1F. The Morgan fingerprint density at radius 2 is 1.66 bits per heavy atom. The molecule has 1 aliphatic carbocycles. The second kappa shape index (κ2) is 15.8. The van der Waals surface area contributed by atoms with Crippen molar-refractivity contribution in [3.8, 4) is 17.2 Å². The number of rotatable bonds is 7. The average molecular weight is 966 g/mol. The summed E-state index contributed by atoms with van der Waals surface area (Å²) in [6.07, 6.45) is 9.35. The summed E-state index contributed by atoms with van der Waals surface area (Å²) >= 11 is 0. The van der Waals surface area contributed by atoms with Crippen LogP contribution in [0.3, 0.4) is 0 Å². The summed E-state index contributed by atoms with van der Waals surface area (Å²) in [5, 5.41) is 15.1. The molecule has 1 amide bonds. The van der Waals surface area contributed by atoms with Crippen molar-refractivity contribution < 1.29 is 22.8 Å². The zero-order valence-electron chi connectivity index (χ0n) is 41.2. The highest BCUT2D eigenvalue weighted by Gasteiger charge is 2.60. The van der Waals surface area contributed by atoms with Crippen molar-refractivity contribution in [3.05, 3.63) is 139 Å². The number of carbonyl (C=O) groups excluding carboxylic acids is 1. The smallest absolute Gasteiger partial charge is 0.376 e. The van der Waals surface area contributed by atoms with Crippen LogP contribution in [0.5, 0.6) is 0 Å². The first-order valence-corrected chi connectivity index (χ1v) is 24.6. The lowest BCUT2D eigenvalue weighted by molar-refractivity contribution is -0.0592. The Labute approximate surface area is 407 Å². The number of hydrogen-bond donors (Lipinski definition) is 1. The largest absolute Gasteiger partial charge is 0.438 e. The van der Waals surface area contributed by atoms with Crippen LogP contribution in [0.4, 0.5) is 8.78 Å². The molecule has 0 radical (unpaired) electrons. The van der Waals surface area contributed by atoms with Gasteiger partial charge in [-0.25, -0.2) is 23.1 Å². The van der Waals surface area contributed by atoms with E-state index in [0.717, 1.165) is 48.7 Å². The molecular formula is C53H57F2N11O5. The third-order valence-corrected chi connectivity index (χ3v) is 16.5. The Balaban J connectivity index is 1.07. The van der Waals surface area contributed by atoms with Crippen LogP contribution in [0.2, 0.25) is 0 Å². The van der Waals surface area contributed by atoms with E-state index in [1.54, 1.807) is 60.7 Å². The Kier molecular flexibility index (Phi) is 10.1. The van der Waals surface area contributed by atoms with Crippen LogP contribution < -0.4 is 11.4 Å². The Hall–Kier alpha value is -6.92. The molecule has 8 aromatic rings. The van der Waals surface area contributed by atoms with Crippen molar-refractivity contribution in [1.82, 2.24) is 53.2 Å². The van der Waals surface area contributed by atoms with Gasteiger partial charge in [0.1, 0.15) is 22.9 Å². The van der Waals surface area contributed by atoms with Gasteiger partial charge in [-0.15, -0.1) is 0 Å². The van der Waals surface area contributed by atoms with Crippen molar-refractivity contribution in [2.75, 3.05) is 26.7 Å². The predicted octanol–water partition coefficient (Wildman–Crippen LogP) is 8.21. The van der Waals surface area contributed by atoms with Crippen LogP contribution in [0.15, 0.2) is 81.2 Å². The molecule has 1 N–H and O–H groups in total. The number of likely N-dealkylation sites (N-methyl/N-ethyl adjacent to an activating group) is 1. The predicted molar refractivity (Wildman–Crippen MR) is 262 cm³/mol. The van der Waals surface area contributed by atoms with Gasteiger partial charge in [-0.05, 0) is 158 Å². The number of aromatic nitrogens is 9. The number of ether oxygens (including phenoxy) is 1. The van der Waals surface area contributed by atoms with E-state index in [-0.39, 0.29) is 46.8 Å². The highest BCUT2D eigenvalue weighted by Crippen LogP contribution is 2.57. The summed E-state index contributed by atoms with van der Waals surface area (Å²) in [7, 11) is 3.79. The Bertz CT molecular complexity index is 3600. The number of aromatic amines is 1. The average Bonchev–Trinajstić information content (AvgIpc) is 3.98. The quantitative estimate of drug-likeness (QED) is 0.166. The monoisotopic (exact) mass is 965 g/mol. The number of amides is 1. The van der Waals surface area contributed by atoms with Crippen molar-refractivity contribution >= 4 is 27.7 Å². The number of piperidine rings is 1. The first-order chi connectivity index (χ1) is 33.9. The lowest BCUT2D eigenvalue weighted by Gasteiger charge is -2.51. The van der Waals surface area contributed by atoms with Gasteiger partial charge in [-0.1, -0.05) is 18.1 Å². The third-order valence-electron chi connectivity index (χ3n) is 16.5. The summed E-state index contributed by atoms with van der Waals surface area (Å²) in [5.41, 5.74) is 3.18. The van der Waals surface area contributed by atoms with E-state index in [9.17, 15) is 4.79 Å². The van der Waals surface area contributed by atoms with Crippen molar-refractivity contribution in [2.24, 2.45) is 13.0 Å². The fourth-order valence-electron chi connectivity index (χ4n) is 12.6. The van der Waals surface area contributed by atoms with Crippen molar-refractivity contribution in [1.29, 1.82) is 0 Å². The van der Waals surface area contributed by atoms with Gasteiger partial charge in [0.15, 0.2) is 11.6 Å². The van der Waals surface area contributed by atoms with E-state index < -0.39 is 34.4 Å². The van der Waals surface area contributed by atoms with Crippen LogP contribution in [0, 0.1) is 31.4 Å². The minimum Gasteiger partial charge on any atom is -0.376 e. The zero-order chi connectivity index (χ0) is 49.6. The minimum absolute atomic E-state index is 0.0188. The molecule has 368 valence electrons. The fraction of sp³-hybridized carbons (Fsp3) is 0.434. The third kappa shape index (κ3) is 6.65. The molecule has 0 bridgehead atoms. The molecule has 3 aliphatic heterocycles. The molecule has 1 saturated carbocycles.